The molecule has 106 valence electrons. The summed E-state index contributed by atoms with van der Waals surface area (Å²) in [6.07, 6.45) is 1.57. The Bertz CT molecular complexity index is 384. The molecule has 19 heavy (non-hydrogen) atoms. The first kappa shape index (κ1) is 14.3. The monoisotopic (exact) mass is 263 g/mol. The molecule has 1 aliphatic rings. The van der Waals surface area contributed by atoms with E-state index >= 15 is 0 Å². The predicted octanol–water partition coefficient (Wildman–Crippen LogP) is 1.61. The molecule has 4 nitrogen and oxygen atoms in total. The summed E-state index contributed by atoms with van der Waals surface area (Å²) in [7, 11) is 0. The third kappa shape index (κ3) is 3.67. The molecule has 1 aromatic heterocycles. The Morgan fingerprint density at radius 1 is 1.26 bits per heavy atom. The highest BCUT2D eigenvalue weighted by molar-refractivity contribution is 5.38. The Balaban J connectivity index is 1.86. The molecule has 0 bridgehead atoms. The molecule has 0 radical (unpaired) electrons. The van der Waals surface area contributed by atoms with Gasteiger partial charge in [-0.15, -0.1) is 0 Å². The first-order chi connectivity index (χ1) is 8.99. The van der Waals surface area contributed by atoms with Crippen LogP contribution in [0.15, 0.2) is 24.4 Å². The lowest BCUT2D eigenvalue weighted by molar-refractivity contribution is 0.0330. The van der Waals surface area contributed by atoms with Gasteiger partial charge in [-0.25, -0.2) is 4.98 Å². The molecule has 4 heteroatoms. The van der Waals surface area contributed by atoms with Crippen LogP contribution in [0.5, 0.6) is 0 Å². The second-order valence-electron chi connectivity index (χ2n) is 6.12. The lowest BCUT2D eigenvalue weighted by atomic mass is 9.86. The van der Waals surface area contributed by atoms with Gasteiger partial charge in [0.2, 0.25) is 0 Å². The van der Waals surface area contributed by atoms with Gasteiger partial charge in [0.15, 0.2) is 0 Å². The zero-order chi connectivity index (χ0) is 13.9. The Morgan fingerprint density at radius 3 is 2.47 bits per heavy atom. The molecule has 1 aromatic rings. The molecule has 1 unspecified atom stereocenters. The summed E-state index contributed by atoms with van der Waals surface area (Å²) in [6.45, 7) is 11.2. The first-order valence-electron chi connectivity index (χ1n) is 7.05. The van der Waals surface area contributed by atoms with Crippen molar-refractivity contribution in [1.29, 1.82) is 0 Å². The van der Waals surface area contributed by atoms with Crippen molar-refractivity contribution in [1.82, 2.24) is 9.88 Å². The maximum absolute atomic E-state index is 9.79. The van der Waals surface area contributed by atoms with E-state index in [2.05, 4.69) is 34.7 Å². The van der Waals surface area contributed by atoms with Crippen molar-refractivity contribution in [3.05, 3.63) is 24.4 Å². The fraction of sp³-hybridized carbons (Fsp3) is 0.667. The highest BCUT2D eigenvalue weighted by atomic mass is 16.3. The van der Waals surface area contributed by atoms with Crippen molar-refractivity contribution in [2.45, 2.75) is 26.9 Å². The molecule has 2 heterocycles. The summed E-state index contributed by atoms with van der Waals surface area (Å²) in [5.74, 6) is 1.07. The van der Waals surface area contributed by atoms with Gasteiger partial charge < -0.3 is 10.0 Å². The van der Waals surface area contributed by atoms with E-state index in [1.165, 1.54) is 0 Å². The van der Waals surface area contributed by atoms with Crippen LogP contribution in [0.3, 0.4) is 0 Å². The molecule has 0 aliphatic carbocycles. The minimum atomic E-state index is -0.277. The molecular weight excluding hydrogens is 238 g/mol. The molecule has 1 fully saturated rings. The molecule has 0 saturated carbocycles. The van der Waals surface area contributed by atoms with Crippen LogP contribution < -0.4 is 4.90 Å². The number of pyridine rings is 1. The van der Waals surface area contributed by atoms with Gasteiger partial charge in [0, 0.05) is 44.3 Å². The van der Waals surface area contributed by atoms with E-state index in [4.69, 9.17) is 0 Å². The number of piperazine rings is 1. The molecule has 1 aliphatic heterocycles. The number of hydrogen-bond donors (Lipinski definition) is 1. The number of rotatable bonds is 4. The van der Waals surface area contributed by atoms with E-state index in [1.54, 1.807) is 0 Å². The quantitative estimate of drug-likeness (QED) is 0.896. The van der Waals surface area contributed by atoms with Crippen molar-refractivity contribution >= 4 is 5.82 Å². The Labute approximate surface area is 116 Å². The summed E-state index contributed by atoms with van der Waals surface area (Å²) in [6, 6.07) is 6.05. The van der Waals surface area contributed by atoms with Crippen LogP contribution >= 0.6 is 0 Å². The first-order valence-corrected chi connectivity index (χ1v) is 7.05. The number of aliphatic hydroxyl groups excluding tert-OH is 1. The average molecular weight is 263 g/mol. The van der Waals surface area contributed by atoms with Crippen LogP contribution in [0.2, 0.25) is 0 Å². The van der Waals surface area contributed by atoms with E-state index in [-0.39, 0.29) is 11.5 Å². The normalized spacial score (nSPS) is 19.5. The summed E-state index contributed by atoms with van der Waals surface area (Å²) in [4.78, 5) is 9.16. The molecule has 1 N–H and O–H groups in total. The standard InChI is InChI=1S/C15H25N3O/c1-13(19)15(2,3)12-17-8-10-18(11-9-17)14-6-4-5-7-16-14/h4-7,13,19H,8-12H2,1-3H3. The average Bonchev–Trinajstić information content (AvgIpc) is 2.40. The van der Waals surface area contributed by atoms with Crippen molar-refractivity contribution in [3.8, 4) is 0 Å². The summed E-state index contributed by atoms with van der Waals surface area (Å²) in [5, 5.41) is 9.79. The number of aliphatic hydroxyl groups is 1. The zero-order valence-electron chi connectivity index (χ0n) is 12.2. The number of nitrogens with zero attached hydrogens (tertiary/aromatic N) is 3. The largest absolute Gasteiger partial charge is 0.393 e. The maximum atomic E-state index is 9.79. The van der Waals surface area contributed by atoms with Gasteiger partial charge >= 0.3 is 0 Å². The fourth-order valence-corrected chi connectivity index (χ4v) is 2.38. The molecule has 1 saturated heterocycles. The van der Waals surface area contributed by atoms with Gasteiger partial charge in [0.05, 0.1) is 6.10 Å². The minimum Gasteiger partial charge on any atom is -0.393 e. The third-order valence-electron chi connectivity index (χ3n) is 4.11. The summed E-state index contributed by atoms with van der Waals surface area (Å²) >= 11 is 0. The van der Waals surface area contributed by atoms with Crippen LogP contribution in [0.1, 0.15) is 20.8 Å². The van der Waals surface area contributed by atoms with E-state index in [0.29, 0.717) is 0 Å². The van der Waals surface area contributed by atoms with E-state index in [9.17, 15) is 5.11 Å². The maximum Gasteiger partial charge on any atom is 0.128 e. The zero-order valence-corrected chi connectivity index (χ0v) is 12.2. The third-order valence-corrected chi connectivity index (χ3v) is 4.11. The molecule has 0 amide bonds. The van der Waals surface area contributed by atoms with Crippen LogP contribution in [0, 0.1) is 5.41 Å². The van der Waals surface area contributed by atoms with Crippen LogP contribution in [-0.2, 0) is 0 Å². The van der Waals surface area contributed by atoms with E-state index < -0.39 is 0 Å². The number of anilines is 1. The topological polar surface area (TPSA) is 39.6 Å². The van der Waals surface area contributed by atoms with Crippen molar-refractivity contribution < 1.29 is 5.11 Å². The van der Waals surface area contributed by atoms with Gasteiger partial charge in [0.1, 0.15) is 5.82 Å². The summed E-state index contributed by atoms with van der Waals surface area (Å²) in [5.41, 5.74) is -0.0484. The van der Waals surface area contributed by atoms with Crippen molar-refractivity contribution in [2.75, 3.05) is 37.6 Å². The Morgan fingerprint density at radius 2 is 1.95 bits per heavy atom. The van der Waals surface area contributed by atoms with Gasteiger partial charge in [-0.1, -0.05) is 19.9 Å². The second kappa shape index (κ2) is 5.88. The van der Waals surface area contributed by atoms with Gasteiger partial charge in [0.25, 0.3) is 0 Å². The Hall–Kier alpha value is -1.13. The van der Waals surface area contributed by atoms with Gasteiger partial charge in [-0.3, -0.25) is 4.90 Å². The Kier molecular flexibility index (Phi) is 4.42. The van der Waals surface area contributed by atoms with Crippen molar-refractivity contribution in [2.24, 2.45) is 5.41 Å². The van der Waals surface area contributed by atoms with E-state index in [1.807, 2.05) is 25.3 Å². The smallest absolute Gasteiger partial charge is 0.128 e. The minimum absolute atomic E-state index is 0.0484. The van der Waals surface area contributed by atoms with E-state index in [0.717, 1.165) is 38.5 Å². The summed E-state index contributed by atoms with van der Waals surface area (Å²) < 4.78 is 0. The van der Waals surface area contributed by atoms with Crippen molar-refractivity contribution in [3.63, 3.8) is 0 Å². The SMILES string of the molecule is CC(O)C(C)(C)CN1CCN(c2ccccn2)CC1. The fourth-order valence-electron chi connectivity index (χ4n) is 2.38. The number of hydrogen-bond acceptors (Lipinski definition) is 4. The lowest BCUT2D eigenvalue weighted by Crippen LogP contribution is -2.50. The molecule has 2 rings (SSSR count). The molecule has 1 atom stereocenters. The predicted molar refractivity (Wildman–Crippen MR) is 78.4 cm³/mol. The highest BCUT2D eigenvalue weighted by Crippen LogP contribution is 2.23. The second-order valence-corrected chi connectivity index (χ2v) is 6.12. The molecule has 0 spiro atoms. The van der Waals surface area contributed by atoms with Crippen LogP contribution in [0.25, 0.3) is 0 Å². The highest BCUT2D eigenvalue weighted by Gasteiger charge is 2.28. The number of aromatic nitrogens is 1. The molecular formula is C15H25N3O. The van der Waals surface area contributed by atoms with Crippen LogP contribution in [-0.4, -0.2) is 53.8 Å². The molecule has 0 aromatic carbocycles. The van der Waals surface area contributed by atoms with Gasteiger partial charge in [-0.05, 0) is 19.1 Å². The van der Waals surface area contributed by atoms with Gasteiger partial charge in [-0.2, -0.15) is 0 Å². The van der Waals surface area contributed by atoms with Crippen LogP contribution in [0.4, 0.5) is 5.82 Å². The lowest BCUT2D eigenvalue weighted by Gasteiger charge is -2.40.